The maximum absolute atomic E-state index is 12.2. The van der Waals surface area contributed by atoms with Crippen LogP contribution in [0.2, 0.25) is 0 Å². The van der Waals surface area contributed by atoms with Gasteiger partial charge in [-0.2, -0.15) is 0 Å². The third kappa shape index (κ3) is 7.44. The van der Waals surface area contributed by atoms with Gasteiger partial charge >= 0.3 is 6.09 Å². The second-order valence-electron chi connectivity index (χ2n) is 8.29. The van der Waals surface area contributed by atoms with Gasteiger partial charge in [-0.05, 0) is 38.3 Å². The largest absolute Gasteiger partial charge is 0.444 e. The number of halogens is 1. The molecule has 0 bridgehead atoms. The van der Waals surface area contributed by atoms with Gasteiger partial charge in [0, 0.05) is 51.0 Å². The Morgan fingerprint density at radius 3 is 2.36 bits per heavy atom. The standard InChI is InChI=1S/C20H33N5O2.HI/c1-15(2)17(16-7-6-8-22-13-16)14-23-18(21)24-9-11-25(12-10-24)19(26)27-20(3,4)5;/h6-8,13,15,17H,9-12,14H2,1-5H3,(H2,21,23);1H. The molecule has 1 aliphatic heterocycles. The van der Waals surface area contributed by atoms with Gasteiger partial charge in [0.25, 0.3) is 0 Å². The highest BCUT2D eigenvalue weighted by molar-refractivity contribution is 14.0. The maximum atomic E-state index is 12.2. The molecule has 7 nitrogen and oxygen atoms in total. The predicted molar refractivity (Wildman–Crippen MR) is 123 cm³/mol. The molecule has 8 heteroatoms. The van der Waals surface area contributed by atoms with E-state index in [1.807, 2.05) is 37.9 Å². The first-order valence-corrected chi connectivity index (χ1v) is 9.60. The van der Waals surface area contributed by atoms with Crippen LogP contribution in [0, 0.1) is 5.92 Å². The molecule has 0 radical (unpaired) electrons. The molecule has 1 unspecified atom stereocenters. The van der Waals surface area contributed by atoms with Crippen molar-refractivity contribution < 1.29 is 9.53 Å². The van der Waals surface area contributed by atoms with Crippen molar-refractivity contribution >= 4 is 36.0 Å². The van der Waals surface area contributed by atoms with Gasteiger partial charge in [0.2, 0.25) is 0 Å². The van der Waals surface area contributed by atoms with Gasteiger partial charge in [-0.15, -0.1) is 24.0 Å². The number of aliphatic imine (C=N–C) groups is 1. The van der Waals surface area contributed by atoms with Crippen LogP contribution in [0.25, 0.3) is 0 Å². The molecule has 158 valence electrons. The molecule has 28 heavy (non-hydrogen) atoms. The average Bonchev–Trinajstić information content (AvgIpc) is 2.61. The fraction of sp³-hybridized carbons (Fsp3) is 0.650. The Hall–Kier alpha value is -1.58. The van der Waals surface area contributed by atoms with E-state index in [1.165, 1.54) is 5.56 Å². The lowest BCUT2D eigenvalue weighted by Crippen LogP contribution is -2.53. The Morgan fingerprint density at radius 2 is 1.86 bits per heavy atom. The highest BCUT2D eigenvalue weighted by Gasteiger charge is 2.26. The maximum Gasteiger partial charge on any atom is 0.410 e. The van der Waals surface area contributed by atoms with E-state index in [1.54, 1.807) is 11.1 Å². The second-order valence-corrected chi connectivity index (χ2v) is 8.29. The number of aromatic nitrogens is 1. The van der Waals surface area contributed by atoms with E-state index in [9.17, 15) is 4.79 Å². The minimum absolute atomic E-state index is 0. The van der Waals surface area contributed by atoms with E-state index in [0.717, 1.165) is 0 Å². The Kier molecular flexibility index (Phi) is 9.46. The van der Waals surface area contributed by atoms with E-state index in [-0.39, 0.29) is 36.0 Å². The number of nitrogens with zero attached hydrogens (tertiary/aromatic N) is 4. The lowest BCUT2D eigenvalue weighted by molar-refractivity contribution is 0.0186. The molecule has 0 aromatic carbocycles. The highest BCUT2D eigenvalue weighted by Crippen LogP contribution is 2.24. The van der Waals surface area contributed by atoms with E-state index in [2.05, 4.69) is 29.9 Å². The number of piperazine rings is 1. The molecule has 0 saturated carbocycles. The number of carbonyl (C=O) groups excluding carboxylic acids is 1. The molecule has 1 aromatic heterocycles. The zero-order chi connectivity index (χ0) is 20.0. The number of guanidine groups is 1. The zero-order valence-electron chi connectivity index (χ0n) is 17.6. The van der Waals surface area contributed by atoms with Crippen molar-refractivity contribution in [1.82, 2.24) is 14.8 Å². The number of pyridine rings is 1. The fourth-order valence-corrected chi connectivity index (χ4v) is 3.03. The Bertz CT molecular complexity index is 638. The van der Waals surface area contributed by atoms with Crippen LogP contribution in [0.1, 0.15) is 46.1 Å². The predicted octanol–water partition coefficient (Wildman–Crippen LogP) is 3.31. The molecule has 0 aliphatic carbocycles. The quantitative estimate of drug-likeness (QED) is 0.387. The summed E-state index contributed by atoms with van der Waals surface area (Å²) in [6.07, 6.45) is 3.41. The van der Waals surface area contributed by atoms with E-state index >= 15 is 0 Å². The van der Waals surface area contributed by atoms with Crippen molar-refractivity contribution in [1.29, 1.82) is 0 Å². The molecule has 1 amide bonds. The van der Waals surface area contributed by atoms with Crippen molar-refractivity contribution in [2.45, 2.75) is 46.1 Å². The minimum atomic E-state index is -0.479. The normalized spacial score (nSPS) is 16.6. The Balaban J connectivity index is 0.00000392. The molecule has 2 heterocycles. The van der Waals surface area contributed by atoms with Crippen molar-refractivity contribution in [3.8, 4) is 0 Å². The van der Waals surface area contributed by atoms with Gasteiger partial charge in [0.05, 0.1) is 0 Å². The number of amides is 1. The van der Waals surface area contributed by atoms with Crippen LogP contribution in [-0.2, 0) is 4.74 Å². The van der Waals surface area contributed by atoms with Gasteiger partial charge in [-0.25, -0.2) is 4.79 Å². The van der Waals surface area contributed by atoms with Crippen molar-refractivity contribution in [3.05, 3.63) is 30.1 Å². The monoisotopic (exact) mass is 503 g/mol. The summed E-state index contributed by atoms with van der Waals surface area (Å²) < 4.78 is 5.43. The molecular weight excluding hydrogens is 469 g/mol. The third-order valence-corrected chi connectivity index (χ3v) is 4.62. The molecule has 1 fully saturated rings. The molecule has 2 N–H and O–H groups in total. The number of hydrogen-bond acceptors (Lipinski definition) is 4. The number of carbonyl (C=O) groups is 1. The summed E-state index contributed by atoms with van der Waals surface area (Å²) in [7, 11) is 0. The first kappa shape index (κ1) is 24.5. The van der Waals surface area contributed by atoms with Gasteiger partial charge < -0.3 is 20.3 Å². The summed E-state index contributed by atoms with van der Waals surface area (Å²) in [5.74, 6) is 1.25. The van der Waals surface area contributed by atoms with Crippen molar-refractivity contribution in [3.63, 3.8) is 0 Å². The number of nitrogens with two attached hydrogens (primary N) is 1. The Labute approximate surface area is 185 Å². The summed E-state index contributed by atoms with van der Waals surface area (Å²) in [6, 6.07) is 4.04. The smallest absolute Gasteiger partial charge is 0.410 e. The molecular formula is C20H34IN5O2. The molecule has 0 spiro atoms. The van der Waals surface area contributed by atoms with Crippen molar-refractivity contribution in [2.75, 3.05) is 32.7 Å². The highest BCUT2D eigenvalue weighted by atomic mass is 127. The fourth-order valence-electron chi connectivity index (χ4n) is 3.03. The first-order chi connectivity index (χ1) is 12.7. The van der Waals surface area contributed by atoms with E-state index < -0.39 is 5.60 Å². The number of ether oxygens (including phenoxy) is 1. The van der Waals surface area contributed by atoms with Crippen LogP contribution < -0.4 is 5.73 Å². The summed E-state index contributed by atoms with van der Waals surface area (Å²) in [5, 5.41) is 0. The minimum Gasteiger partial charge on any atom is -0.444 e. The molecule has 1 aromatic rings. The van der Waals surface area contributed by atoms with E-state index in [0.29, 0.717) is 44.6 Å². The zero-order valence-corrected chi connectivity index (χ0v) is 19.9. The molecule has 1 atom stereocenters. The SMILES string of the molecule is CC(C)C(CN=C(N)N1CCN(C(=O)OC(C)(C)C)CC1)c1cccnc1.I. The molecule has 2 rings (SSSR count). The summed E-state index contributed by atoms with van der Waals surface area (Å²) in [4.78, 5) is 24.8. The number of hydrogen-bond donors (Lipinski definition) is 1. The molecule has 1 saturated heterocycles. The average molecular weight is 503 g/mol. The van der Waals surface area contributed by atoms with Gasteiger partial charge in [0.1, 0.15) is 5.60 Å². The topological polar surface area (TPSA) is 84.0 Å². The van der Waals surface area contributed by atoms with Gasteiger partial charge in [-0.3, -0.25) is 9.98 Å². The molecule has 1 aliphatic rings. The van der Waals surface area contributed by atoms with Crippen LogP contribution in [-0.4, -0.2) is 65.2 Å². The van der Waals surface area contributed by atoms with Crippen molar-refractivity contribution in [2.24, 2.45) is 16.6 Å². The van der Waals surface area contributed by atoms with E-state index in [4.69, 9.17) is 10.5 Å². The Morgan fingerprint density at radius 1 is 1.25 bits per heavy atom. The number of rotatable bonds is 4. The van der Waals surface area contributed by atoms with Gasteiger partial charge in [0.15, 0.2) is 5.96 Å². The lowest BCUT2D eigenvalue weighted by atomic mass is 9.89. The summed E-state index contributed by atoms with van der Waals surface area (Å²) >= 11 is 0. The van der Waals surface area contributed by atoms with Gasteiger partial charge in [-0.1, -0.05) is 19.9 Å². The lowest BCUT2D eigenvalue weighted by Gasteiger charge is -2.36. The third-order valence-electron chi connectivity index (χ3n) is 4.62. The van der Waals surface area contributed by atoms with Crippen LogP contribution in [0.15, 0.2) is 29.5 Å². The van der Waals surface area contributed by atoms with Crippen LogP contribution in [0.5, 0.6) is 0 Å². The first-order valence-electron chi connectivity index (χ1n) is 9.60. The summed E-state index contributed by atoms with van der Waals surface area (Å²) in [5.41, 5.74) is 6.92. The second kappa shape index (κ2) is 10.8. The van der Waals surface area contributed by atoms with Crippen LogP contribution >= 0.6 is 24.0 Å². The van der Waals surface area contributed by atoms with Crippen LogP contribution in [0.4, 0.5) is 4.79 Å². The summed E-state index contributed by atoms with van der Waals surface area (Å²) in [6.45, 7) is 13.1. The van der Waals surface area contributed by atoms with Crippen LogP contribution in [0.3, 0.4) is 0 Å².